The smallest absolute Gasteiger partial charge is 0.348 e. The van der Waals surface area contributed by atoms with Crippen LogP contribution in [-0.2, 0) is 9.47 Å². The minimum absolute atomic E-state index is 0.213. The van der Waals surface area contributed by atoms with E-state index in [0.717, 1.165) is 21.5 Å². The maximum Gasteiger partial charge on any atom is 0.348 e. The first-order valence-corrected chi connectivity index (χ1v) is 9.49. The molecule has 1 atom stereocenters. The van der Waals surface area contributed by atoms with E-state index in [9.17, 15) is 4.79 Å². The predicted molar refractivity (Wildman–Crippen MR) is 105 cm³/mol. The highest BCUT2D eigenvalue weighted by Crippen LogP contribution is 2.32. The van der Waals surface area contributed by atoms with Crippen LogP contribution in [0.15, 0.2) is 36.4 Å². The molecule has 3 rings (SSSR count). The molecule has 0 spiro atoms. The standard InChI is InChI=1S/C20H22N2O3S/c1-4-24-14(3)22-19-16(13-18(26-19)20(23)25-5-2)17(21-22)12-11-15-9-7-6-8-10-15/h6-14H,4-5H2,1-3H3/b12-11+. The van der Waals surface area contributed by atoms with Gasteiger partial charge in [0.05, 0.1) is 12.3 Å². The quantitative estimate of drug-likeness (QED) is 0.549. The number of benzene rings is 1. The van der Waals surface area contributed by atoms with E-state index in [-0.39, 0.29) is 12.2 Å². The Morgan fingerprint density at radius 1 is 1.23 bits per heavy atom. The summed E-state index contributed by atoms with van der Waals surface area (Å²) in [6, 6.07) is 11.9. The highest BCUT2D eigenvalue weighted by molar-refractivity contribution is 7.20. The minimum Gasteiger partial charge on any atom is -0.462 e. The first-order chi connectivity index (χ1) is 12.6. The Morgan fingerprint density at radius 3 is 2.69 bits per heavy atom. The molecular formula is C20H22N2O3S. The molecule has 2 aromatic heterocycles. The molecule has 1 aromatic carbocycles. The number of ether oxygens (including phenoxy) is 2. The van der Waals surface area contributed by atoms with Gasteiger partial charge in [-0.25, -0.2) is 9.48 Å². The summed E-state index contributed by atoms with van der Waals surface area (Å²) in [5.74, 6) is -0.303. The van der Waals surface area contributed by atoms with Gasteiger partial charge in [0.1, 0.15) is 15.9 Å². The molecular weight excluding hydrogens is 348 g/mol. The number of carbonyl (C=O) groups excluding carboxylic acids is 1. The van der Waals surface area contributed by atoms with Gasteiger partial charge in [0.25, 0.3) is 0 Å². The Bertz CT molecular complexity index is 912. The lowest BCUT2D eigenvalue weighted by atomic mass is 10.2. The summed E-state index contributed by atoms with van der Waals surface area (Å²) in [5.41, 5.74) is 1.90. The molecule has 136 valence electrons. The highest BCUT2D eigenvalue weighted by atomic mass is 32.1. The van der Waals surface area contributed by atoms with Gasteiger partial charge in [-0.05, 0) is 38.5 Å². The second-order valence-corrected chi connectivity index (χ2v) is 6.71. The van der Waals surface area contributed by atoms with E-state index >= 15 is 0 Å². The summed E-state index contributed by atoms with van der Waals surface area (Å²) < 4.78 is 12.7. The number of hydrogen-bond donors (Lipinski definition) is 0. The third-order valence-electron chi connectivity index (χ3n) is 3.87. The Kier molecular flexibility index (Phi) is 5.85. The topological polar surface area (TPSA) is 53.3 Å². The van der Waals surface area contributed by atoms with E-state index in [2.05, 4.69) is 0 Å². The normalized spacial score (nSPS) is 12.7. The fourth-order valence-corrected chi connectivity index (χ4v) is 3.76. The minimum atomic E-state index is -0.303. The van der Waals surface area contributed by atoms with E-state index in [4.69, 9.17) is 14.6 Å². The van der Waals surface area contributed by atoms with Crippen molar-refractivity contribution >= 4 is 39.7 Å². The van der Waals surface area contributed by atoms with E-state index < -0.39 is 0 Å². The Hall–Kier alpha value is -2.44. The van der Waals surface area contributed by atoms with Gasteiger partial charge in [-0.1, -0.05) is 36.4 Å². The van der Waals surface area contributed by atoms with Crippen molar-refractivity contribution in [2.24, 2.45) is 0 Å². The molecule has 3 aromatic rings. The predicted octanol–water partition coefficient (Wildman–Crippen LogP) is 5.00. The van der Waals surface area contributed by atoms with Gasteiger partial charge in [-0.2, -0.15) is 5.10 Å². The maximum atomic E-state index is 12.1. The van der Waals surface area contributed by atoms with Gasteiger partial charge in [-0.3, -0.25) is 0 Å². The molecule has 0 saturated heterocycles. The molecule has 0 aliphatic carbocycles. The van der Waals surface area contributed by atoms with E-state index in [0.29, 0.717) is 18.1 Å². The largest absolute Gasteiger partial charge is 0.462 e. The van der Waals surface area contributed by atoms with Crippen LogP contribution in [-0.4, -0.2) is 29.0 Å². The maximum absolute atomic E-state index is 12.1. The molecule has 0 bridgehead atoms. The molecule has 5 nitrogen and oxygen atoms in total. The van der Waals surface area contributed by atoms with Crippen molar-refractivity contribution in [3.05, 3.63) is 52.5 Å². The lowest BCUT2D eigenvalue weighted by Crippen LogP contribution is -2.10. The summed E-state index contributed by atoms with van der Waals surface area (Å²) in [5, 5.41) is 5.62. The second kappa shape index (κ2) is 8.29. The Labute approximate surface area is 156 Å². The number of fused-ring (bicyclic) bond motifs is 1. The monoisotopic (exact) mass is 370 g/mol. The molecule has 0 aliphatic heterocycles. The summed E-state index contributed by atoms with van der Waals surface area (Å²) in [6.07, 6.45) is 3.77. The zero-order valence-corrected chi connectivity index (χ0v) is 16.0. The number of esters is 1. The van der Waals surface area contributed by atoms with Crippen molar-refractivity contribution in [2.45, 2.75) is 27.0 Å². The van der Waals surface area contributed by atoms with Crippen LogP contribution in [0.2, 0.25) is 0 Å². The van der Waals surface area contributed by atoms with Crippen LogP contribution in [0.4, 0.5) is 0 Å². The Balaban J connectivity index is 2.03. The van der Waals surface area contributed by atoms with Gasteiger partial charge in [0.2, 0.25) is 0 Å². The van der Waals surface area contributed by atoms with E-state index in [1.54, 1.807) is 6.92 Å². The van der Waals surface area contributed by atoms with E-state index in [1.807, 2.05) is 67.1 Å². The third-order valence-corrected chi connectivity index (χ3v) is 4.98. The van der Waals surface area contributed by atoms with Crippen molar-refractivity contribution in [2.75, 3.05) is 13.2 Å². The molecule has 6 heteroatoms. The highest BCUT2D eigenvalue weighted by Gasteiger charge is 2.20. The van der Waals surface area contributed by atoms with Crippen molar-refractivity contribution in [3.63, 3.8) is 0 Å². The molecule has 0 saturated carbocycles. The molecule has 0 amide bonds. The fourth-order valence-electron chi connectivity index (χ4n) is 2.67. The van der Waals surface area contributed by atoms with Crippen molar-refractivity contribution in [1.29, 1.82) is 0 Å². The van der Waals surface area contributed by atoms with E-state index in [1.165, 1.54) is 11.3 Å². The van der Waals surface area contributed by atoms with Crippen LogP contribution in [0.3, 0.4) is 0 Å². The van der Waals surface area contributed by atoms with Gasteiger partial charge in [0.15, 0.2) is 0 Å². The molecule has 26 heavy (non-hydrogen) atoms. The van der Waals surface area contributed by atoms with Gasteiger partial charge >= 0.3 is 5.97 Å². The van der Waals surface area contributed by atoms with Crippen LogP contribution >= 0.6 is 11.3 Å². The first-order valence-electron chi connectivity index (χ1n) is 8.68. The zero-order valence-electron chi connectivity index (χ0n) is 15.1. The van der Waals surface area contributed by atoms with Crippen LogP contribution in [0.5, 0.6) is 0 Å². The summed E-state index contributed by atoms with van der Waals surface area (Å²) in [6.45, 7) is 6.65. The van der Waals surface area contributed by atoms with Gasteiger partial charge in [0, 0.05) is 12.0 Å². The lowest BCUT2D eigenvalue weighted by Gasteiger charge is -2.12. The molecule has 2 heterocycles. The van der Waals surface area contributed by atoms with Crippen LogP contribution < -0.4 is 0 Å². The van der Waals surface area contributed by atoms with Gasteiger partial charge < -0.3 is 9.47 Å². The van der Waals surface area contributed by atoms with Crippen molar-refractivity contribution in [1.82, 2.24) is 9.78 Å². The number of rotatable bonds is 7. The molecule has 0 N–H and O–H groups in total. The number of carbonyl (C=O) groups is 1. The van der Waals surface area contributed by atoms with Gasteiger partial charge in [-0.15, -0.1) is 11.3 Å². The number of hydrogen-bond acceptors (Lipinski definition) is 5. The van der Waals surface area contributed by atoms with Crippen LogP contribution in [0.25, 0.3) is 22.4 Å². The average molecular weight is 370 g/mol. The summed E-state index contributed by atoms with van der Waals surface area (Å²) in [7, 11) is 0. The fraction of sp³-hybridized carbons (Fsp3) is 0.300. The van der Waals surface area contributed by atoms with Crippen LogP contribution in [0, 0.1) is 0 Å². The molecule has 1 unspecified atom stereocenters. The second-order valence-electron chi connectivity index (χ2n) is 5.68. The molecule has 0 aliphatic rings. The average Bonchev–Trinajstić information content (AvgIpc) is 3.21. The van der Waals surface area contributed by atoms with Crippen LogP contribution in [0.1, 0.15) is 47.9 Å². The lowest BCUT2D eigenvalue weighted by molar-refractivity contribution is 0.0195. The number of aromatic nitrogens is 2. The Morgan fingerprint density at radius 2 is 2.00 bits per heavy atom. The van der Waals surface area contributed by atoms with Crippen molar-refractivity contribution < 1.29 is 14.3 Å². The molecule has 0 fully saturated rings. The number of nitrogens with zero attached hydrogens (tertiary/aromatic N) is 2. The summed E-state index contributed by atoms with van der Waals surface area (Å²) in [4.78, 5) is 13.6. The van der Waals surface area contributed by atoms with Crippen molar-refractivity contribution in [3.8, 4) is 0 Å². The summed E-state index contributed by atoms with van der Waals surface area (Å²) >= 11 is 1.38. The number of thiophene rings is 1. The molecule has 0 radical (unpaired) electrons. The first kappa shape index (κ1) is 18.4. The third kappa shape index (κ3) is 3.86. The zero-order chi connectivity index (χ0) is 18.5. The SMILES string of the molecule is CCOC(=O)c1cc2c(/C=C/c3ccccc3)nn(C(C)OCC)c2s1.